The molecule has 1 atom stereocenters. The Balaban J connectivity index is 1.74. The van der Waals surface area contributed by atoms with Gasteiger partial charge in [0.1, 0.15) is 10.3 Å². The van der Waals surface area contributed by atoms with Crippen molar-refractivity contribution in [2.24, 2.45) is 0 Å². The number of halogens is 3. The second-order valence-corrected chi connectivity index (χ2v) is 10.3. The number of likely N-dealkylation sites (tertiary alicyclic amines) is 1. The van der Waals surface area contributed by atoms with Gasteiger partial charge in [0.2, 0.25) is 10.0 Å². The molecular formula is C19H18Cl3N5O3S. The summed E-state index contributed by atoms with van der Waals surface area (Å²) in [6.45, 7) is 0.490. The highest BCUT2D eigenvalue weighted by molar-refractivity contribution is 7.92. The summed E-state index contributed by atoms with van der Waals surface area (Å²) in [5.41, 5.74) is 1.46. The third-order valence-corrected chi connectivity index (χ3v) is 6.27. The van der Waals surface area contributed by atoms with Crippen LogP contribution in [0.3, 0.4) is 0 Å². The normalized spacial score (nSPS) is 17.2. The molecule has 3 heterocycles. The largest absolute Gasteiger partial charge is 0.330 e. The lowest BCUT2D eigenvalue weighted by atomic mass is 9.98. The number of sulfonamides is 1. The Bertz CT molecular complexity index is 1280. The van der Waals surface area contributed by atoms with Crippen LogP contribution in [0.4, 0.5) is 5.69 Å². The number of amides is 1. The highest BCUT2D eigenvalue weighted by Gasteiger charge is 2.32. The zero-order valence-electron chi connectivity index (χ0n) is 16.3. The summed E-state index contributed by atoms with van der Waals surface area (Å²) >= 11 is 18.3. The van der Waals surface area contributed by atoms with Gasteiger partial charge < -0.3 is 4.90 Å². The van der Waals surface area contributed by atoms with Gasteiger partial charge in [0, 0.05) is 23.7 Å². The number of aromatic nitrogens is 3. The minimum Gasteiger partial charge on any atom is -0.330 e. The maximum atomic E-state index is 13.5. The van der Waals surface area contributed by atoms with Gasteiger partial charge in [-0.15, -0.1) is 0 Å². The molecule has 0 saturated carbocycles. The topological polar surface area (TPSA) is 96.7 Å². The zero-order valence-corrected chi connectivity index (χ0v) is 19.4. The van der Waals surface area contributed by atoms with E-state index in [9.17, 15) is 13.2 Å². The third kappa shape index (κ3) is 4.74. The van der Waals surface area contributed by atoms with Gasteiger partial charge in [-0.05, 0) is 37.5 Å². The van der Waals surface area contributed by atoms with Crippen molar-refractivity contribution >= 4 is 62.1 Å². The van der Waals surface area contributed by atoms with Gasteiger partial charge in [0.25, 0.3) is 5.91 Å². The number of piperidine rings is 1. The van der Waals surface area contributed by atoms with Crippen molar-refractivity contribution in [3.63, 3.8) is 0 Å². The standard InChI is InChI=1S/C19H18Cl3N5O3S/c1-31(29,30)25-13-6-5-11(20)8-12(13)19(28)26-7-3-2-4-15(26)14-9-18-23-16(21)10-17(22)27(18)24-14/h5-6,8-10,15,25H,2-4,7H2,1H3. The average molecular weight is 503 g/mol. The van der Waals surface area contributed by atoms with Crippen LogP contribution in [0.2, 0.25) is 15.3 Å². The molecule has 4 rings (SSSR count). The number of carbonyl (C=O) groups is 1. The molecule has 1 amide bonds. The average Bonchev–Trinajstić information content (AvgIpc) is 3.12. The fourth-order valence-corrected chi connectivity index (χ4v) is 4.93. The lowest BCUT2D eigenvalue weighted by molar-refractivity contribution is 0.0607. The van der Waals surface area contributed by atoms with E-state index in [2.05, 4.69) is 14.8 Å². The first-order valence-corrected chi connectivity index (χ1v) is 12.4. The first-order valence-electron chi connectivity index (χ1n) is 9.42. The number of nitrogens with one attached hydrogen (secondary N) is 1. The lowest BCUT2D eigenvalue weighted by Crippen LogP contribution is -2.39. The molecule has 1 fully saturated rings. The molecule has 3 aromatic rings. The van der Waals surface area contributed by atoms with Crippen molar-refractivity contribution in [3.05, 3.63) is 56.9 Å². The number of anilines is 1. The van der Waals surface area contributed by atoms with Crippen molar-refractivity contribution in [1.82, 2.24) is 19.5 Å². The first kappa shape index (κ1) is 22.1. The number of carbonyl (C=O) groups excluding carboxylic acids is 1. The Kier molecular flexibility index (Phi) is 6.04. The van der Waals surface area contributed by atoms with E-state index in [0.717, 1.165) is 19.1 Å². The summed E-state index contributed by atoms with van der Waals surface area (Å²) in [5, 5.41) is 5.42. The van der Waals surface area contributed by atoms with E-state index in [1.54, 1.807) is 11.0 Å². The van der Waals surface area contributed by atoms with Crippen molar-refractivity contribution in [2.45, 2.75) is 25.3 Å². The number of nitrogens with zero attached hydrogens (tertiary/aromatic N) is 4. The lowest BCUT2D eigenvalue weighted by Gasteiger charge is -2.35. The van der Waals surface area contributed by atoms with Gasteiger partial charge in [-0.1, -0.05) is 34.8 Å². The van der Waals surface area contributed by atoms with E-state index in [0.29, 0.717) is 34.5 Å². The Morgan fingerprint density at radius 1 is 1.16 bits per heavy atom. The highest BCUT2D eigenvalue weighted by Crippen LogP contribution is 2.34. The summed E-state index contributed by atoms with van der Waals surface area (Å²) in [7, 11) is -3.58. The molecule has 1 aliphatic heterocycles. The Hall–Kier alpha value is -2.07. The predicted molar refractivity (Wildman–Crippen MR) is 121 cm³/mol. The molecule has 2 aromatic heterocycles. The van der Waals surface area contributed by atoms with Crippen LogP contribution in [0, 0.1) is 0 Å². The molecule has 0 radical (unpaired) electrons. The quantitative estimate of drug-likeness (QED) is 0.532. The predicted octanol–water partition coefficient (Wildman–Crippen LogP) is 4.43. The number of fused-ring (bicyclic) bond motifs is 1. The number of rotatable bonds is 4. The molecule has 8 nitrogen and oxygen atoms in total. The first-order chi connectivity index (χ1) is 14.6. The second kappa shape index (κ2) is 8.46. The Labute approximate surface area is 194 Å². The van der Waals surface area contributed by atoms with Crippen molar-refractivity contribution in [2.75, 3.05) is 17.5 Å². The fraction of sp³-hybridized carbons (Fsp3) is 0.316. The summed E-state index contributed by atoms with van der Waals surface area (Å²) in [6, 6.07) is 7.38. The molecular weight excluding hydrogens is 485 g/mol. The Morgan fingerprint density at radius 3 is 2.68 bits per heavy atom. The van der Waals surface area contributed by atoms with Crippen LogP contribution >= 0.6 is 34.8 Å². The van der Waals surface area contributed by atoms with Crippen LogP contribution in [-0.2, 0) is 10.0 Å². The van der Waals surface area contributed by atoms with Gasteiger partial charge in [-0.3, -0.25) is 9.52 Å². The van der Waals surface area contributed by atoms with Gasteiger partial charge >= 0.3 is 0 Å². The maximum absolute atomic E-state index is 13.5. The van der Waals surface area contributed by atoms with E-state index in [4.69, 9.17) is 34.8 Å². The summed E-state index contributed by atoms with van der Waals surface area (Å²) in [6.07, 6.45) is 3.44. The molecule has 1 N–H and O–H groups in total. The summed E-state index contributed by atoms with van der Waals surface area (Å²) in [5.74, 6) is -0.340. The summed E-state index contributed by atoms with van der Waals surface area (Å²) in [4.78, 5) is 19.4. The number of hydrogen-bond donors (Lipinski definition) is 1. The van der Waals surface area contributed by atoms with Gasteiger partial charge in [0.15, 0.2) is 5.65 Å². The summed E-state index contributed by atoms with van der Waals surface area (Å²) < 4.78 is 27.4. The fourth-order valence-electron chi connectivity index (χ4n) is 3.71. The van der Waals surface area contributed by atoms with Crippen LogP contribution in [0.5, 0.6) is 0 Å². The van der Waals surface area contributed by atoms with Crippen LogP contribution in [0.1, 0.15) is 41.4 Å². The van der Waals surface area contributed by atoms with Gasteiger partial charge in [-0.2, -0.15) is 5.10 Å². The minimum atomic E-state index is -3.58. The zero-order chi connectivity index (χ0) is 22.3. The maximum Gasteiger partial charge on any atom is 0.256 e. The molecule has 1 aliphatic rings. The molecule has 0 spiro atoms. The molecule has 1 unspecified atom stereocenters. The molecule has 1 aromatic carbocycles. The molecule has 0 bridgehead atoms. The monoisotopic (exact) mass is 501 g/mol. The van der Waals surface area contributed by atoms with Crippen molar-refractivity contribution in [1.29, 1.82) is 0 Å². The van der Waals surface area contributed by atoms with Gasteiger partial charge in [-0.25, -0.2) is 17.9 Å². The Morgan fingerprint density at radius 2 is 1.94 bits per heavy atom. The van der Waals surface area contributed by atoms with E-state index < -0.39 is 10.0 Å². The van der Waals surface area contributed by atoms with E-state index in [1.807, 2.05) is 0 Å². The van der Waals surface area contributed by atoms with Crippen LogP contribution in [0.15, 0.2) is 30.3 Å². The molecule has 164 valence electrons. The third-order valence-electron chi connectivity index (χ3n) is 4.98. The van der Waals surface area contributed by atoms with E-state index >= 15 is 0 Å². The highest BCUT2D eigenvalue weighted by atomic mass is 35.5. The van der Waals surface area contributed by atoms with Crippen molar-refractivity contribution < 1.29 is 13.2 Å². The van der Waals surface area contributed by atoms with Crippen LogP contribution in [-0.4, -0.2) is 46.6 Å². The van der Waals surface area contributed by atoms with E-state index in [1.165, 1.54) is 28.8 Å². The van der Waals surface area contributed by atoms with Crippen LogP contribution < -0.4 is 4.72 Å². The van der Waals surface area contributed by atoms with Gasteiger partial charge in [0.05, 0.1) is 29.2 Å². The van der Waals surface area contributed by atoms with E-state index in [-0.39, 0.29) is 28.4 Å². The van der Waals surface area contributed by atoms with Crippen molar-refractivity contribution in [3.8, 4) is 0 Å². The number of benzene rings is 1. The number of hydrogen-bond acceptors (Lipinski definition) is 5. The second-order valence-electron chi connectivity index (χ2n) is 7.32. The molecule has 31 heavy (non-hydrogen) atoms. The molecule has 0 aliphatic carbocycles. The molecule has 12 heteroatoms. The van der Waals surface area contributed by atoms with Crippen LogP contribution in [0.25, 0.3) is 5.65 Å². The SMILES string of the molecule is CS(=O)(=O)Nc1ccc(Cl)cc1C(=O)N1CCCCC1c1cc2nc(Cl)cc(Cl)n2n1. The smallest absolute Gasteiger partial charge is 0.256 e. The molecule has 1 saturated heterocycles. The minimum absolute atomic E-state index is 0.174.